The van der Waals surface area contributed by atoms with Gasteiger partial charge in [0.15, 0.2) is 23.3 Å². The molecule has 6 heteroatoms. The van der Waals surface area contributed by atoms with Crippen molar-refractivity contribution in [1.29, 1.82) is 0 Å². The van der Waals surface area contributed by atoms with E-state index in [1.54, 1.807) is 0 Å². The van der Waals surface area contributed by atoms with Crippen LogP contribution in [0.5, 0.6) is 0 Å². The second kappa shape index (κ2) is 14.8. The summed E-state index contributed by atoms with van der Waals surface area (Å²) in [5, 5.41) is 0. The highest BCUT2D eigenvalue weighted by molar-refractivity contribution is 5.78. The first-order chi connectivity index (χ1) is 30.7. The molecule has 290 valence electrons. The molecule has 0 saturated heterocycles. The molecule has 6 nitrogen and oxygen atoms in total. The third-order valence-corrected chi connectivity index (χ3v) is 12.2. The molecule has 3 aliphatic rings. The van der Waals surface area contributed by atoms with E-state index in [2.05, 4.69) is 108 Å². The lowest BCUT2D eigenvalue weighted by Gasteiger charge is -2.42. The molecule has 2 atom stereocenters. The van der Waals surface area contributed by atoms with E-state index in [-0.39, 0.29) is 11.8 Å². The highest BCUT2D eigenvalue weighted by atomic mass is 15.0. The summed E-state index contributed by atoms with van der Waals surface area (Å²) in [6, 6.07) is 68.0. The Balaban J connectivity index is 0.967. The molecule has 0 spiro atoms. The van der Waals surface area contributed by atoms with E-state index in [4.69, 9.17) is 24.9 Å². The first-order valence-electron chi connectivity index (χ1n) is 20.9. The zero-order valence-corrected chi connectivity index (χ0v) is 33.5. The first-order valence-corrected chi connectivity index (χ1v) is 20.9. The van der Waals surface area contributed by atoms with Gasteiger partial charge in [0.05, 0.1) is 11.4 Å². The van der Waals surface area contributed by atoms with Crippen LogP contribution in [0.3, 0.4) is 0 Å². The van der Waals surface area contributed by atoms with Crippen LogP contribution >= 0.6 is 0 Å². The third-order valence-electron chi connectivity index (χ3n) is 12.2. The van der Waals surface area contributed by atoms with Crippen LogP contribution in [0.15, 0.2) is 207 Å². The van der Waals surface area contributed by atoms with Crippen LogP contribution in [0.2, 0.25) is 0 Å². The summed E-state index contributed by atoms with van der Waals surface area (Å²) in [5.74, 6) is 2.78. The largest absolute Gasteiger partial charge is 0.265 e. The highest BCUT2D eigenvalue weighted by Crippen LogP contribution is 2.56. The summed E-state index contributed by atoms with van der Waals surface area (Å²) in [7, 11) is 0. The van der Waals surface area contributed by atoms with E-state index >= 15 is 0 Å². The molecule has 62 heavy (non-hydrogen) atoms. The smallest absolute Gasteiger partial charge is 0.164 e. The Morgan fingerprint density at radius 3 is 1.15 bits per heavy atom. The van der Waals surface area contributed by atoms with Crippen LogP contribution in [0, 0.1) is 0 Å². The molecule has 0 fully saturated rings. The highest BCUT2D eigenvalue weighted by Gasteiger charge is 2.41. The molecule has 3 aromatic heterocycles. The first kappa shape index (κ1) is 35.7. The van der Waals surface area contributed by atoms with Gasteiger partial charge in [-0.2, -0.15) is 0 Å². The van der Waals surface area contributed by atoms with Crippen LogP contribution in [-0.4, -0.2) is 29.9 Å². The molecule has 0 radical (unpaired) electrons. The van der Waals surface area contributed by atoms with Crippen LogP contribution in [0.4, 0.5) is 0 Å². The lowest BCUT2D eigenvalue weighted by atomic mass is 9.60. The molecule has 2 unspecified atom stereocenters. The fourth-order valence-corrected chi connectivity index (χ4v) is 9.29. The molecule has 3 aliphatic carbocycles. The van der Waals surface area contributed by atoms with Crippen molar-refractivity contribution in [2.24, 2.45) is 0 Å². The van der Waals surface area contributed by atoms with E-state index in [1.165, 1.54) is 33.4 Å². The van der Waals surface area contributed by atoms with Crippen molar-refractivity contribution in [2.45, 2.75) is 11.8 Å². The van der Waals surface area contributed by atoms with Crippen molar-refractivity contribution < 1.29 is 0 Å². The SMILES string of the molecule is c1ccc(-c2nc(-c3ccc(-c4ccncc4)cc3)cc(-c3ccc4c(c3)C3c5ccccc5C4c4cc(-c5nc(-c6ccccc6)nc(-c6ccccc6)n5)ccc43)n2)cc1. The maximum Gasteiger partial charge on any atom is 0.164 e. The summed E-state index contributed by atoms with van der Waals surface area (Å²) in [6.45, 7) is 0. The monoisotopic (exact) mass is 792 g/mol. The lowest BCUT2D eigenvalue weighted by molar-refractivity contribution is 0.754. The second-order valence-electron chi connectivity index (χ2n) is 15.9. The fraction of sp³-hybridized carbons (Fsp3) is 0.0357. The number of benzene rings is 7. The van der Waals surface area contributed by atoms with Gasteiger partial charge in [0.1, 0.15) is 0 Å². The van der Waals surface area contributed by atoms with E-state index in [0.29, 0.717) is 23.3 Å². The van der Waals surface area contributed by atoms with Gasteiger partial charge >= 0.3 is 0 Å². The third kappa shape index (κ3) is 6.20. The molecule has 0 saturated carbocycles. The fourth-order valence-electron chi connectivity index (χ4n) is 9.29. The molecule has 3 heterocycles. The Morgan fingerprint density at radius 1 is 0.242 bits per heavy atom. The minimum Gasteiger partial charge on any atom is -0.265 e. The topological polar surface area (TPSA) is 77.3 Å². The summed E-state index contributed by atoms with van der Waals surface area (Å²) in [4.78, 5) is 29.7. The standard InChI is InChI=1S/C56H36N6/c1-4-12-38(13-5-1)53-58-49(37-22-20-35(21-23-37)36-28-30-57-31-29-36)34-50(59-53)41-24-26-45-47(32-41)51-43-18-10-11-19-44(43)52(45)48-33-42(25-27-46(48)51)56-61-54(39-14-6-2-7-15-39)60-55(62-56)40-16-8-3-9-17-40/h1-34,51-52H. The van der Waals surface area contributed by atoms with Gasteiger partial charge in [0, 0.05) is 57.6 Å². The number of pyridine rings is 1. The molecule has 7 aromatic carbocycles. The Kier molecular flexibility index (Phi) is 8.52. The predicted octanol–water partition coefficient (Wildman–Crippen LogP) is 12.7. The van der Waals surface area contributed by atoms with Crippen molar-refractivity contribution in [3.63, 3.8) is 0 Å². The second-order valence-corrected chi connectivity index (χ2v) is 15.9. The maximum atomic E-state index is 5.23. The number of hydrogen-bond acceptors (Lipinski definition) is 6. The van der Waals surface area contributed by atoms with Crippen LogP contribution in [0.1, 0.15) is 45.2 Å². The summed E-state index contributed by atoms with van der Waals surface area (Å²) in [6.07, 6.45) is 3.65. The van der Waals surface area contributed by atoms with Gasteiger partial charge in [-0.05, 0) is 74.8 Å². The van der Waals surface area contributed by atoms with E-state index in [9.17, 15) is 0 Å². The van der Waals surface area contributed by atoms with Gasteiger partial charge in [-0.25, -0.2) is 24.9 Å². The minimum absolute atomic E-state index is 0.0546. The molecule has 2 bridgehead atoms. The normalized spacial score (nSPS) is 14.5. The van der Waals surface area contributed by atoms with Crippen LogP contribution < -0.4 is 0 Å². The molecule has 10 aromatic rings. The lowest BCUT2D eigenvalue weighted by Crippen LogP contribution is -2.27. The molecule has 0 N–H and O–H groups in total. The van der Waals surface area contributed by atoms with Gasteiger partial charge in [-0.15, -0.1) is 0 Å². The summed E-state index contributed by atoms with van der Waals surface area (Å²) >= 11 is 0. The number of aromatic nitrogens is 6. The Bertz CT molecular complexity index is 3220. The quantitative estimate of drug-likeness (QED) is 0.160. The van der Waals surface area contributed by atoms with E-state index in [1.807, 2.05) is 103 Å². The van der Waals surface area contributed by atoms with Crippen molar-refractivity contribution >= 4 is 0 Å². The van der Waals surface area contributed by atoms with Gasteiger partial charge in [0.2, 0.25) is 0 Å². The molecular weight excluding hydrogens is 757 g/mol. The zero-order chi connectivity index (χ0) is 41.0. The minimum atomic E-state index is 0.0546. The zero-order valence-electron chi connectivity index (χ0n) is 33.5. The number of rotatable bonds is 7. The van der Waals surface area contributed by atoms with Crippen molar-refractivity contribution in [1.82, 2.24) is 29.9 Å². The van der Waals surface area contributed by atoms with Crippen molar-refractivity contribution in [3.8, 4) is 79.2 Å². The van der Waals surface area contributed by atoms with Crippen LogP contribution in [-0.2, 0) is 0 Å². The number of nitrogens with zero attached hydrogens (tertiary/aromatic N) is 6. The van der Waals surface area contributed by atoms with Crippen molar-refractivity contribution in [3.05, 3.63) is 240 Å². The summed E-state index contributed by atoms with van der Waals surface area (Å²) in [5.41, 5.74) is 17.9. The average Bonchev–Trinajstić information content (AvgIpc) is 3.36. The molecule has 13 rings (SSSR count). The average molecular weight is 793 g/mol. The molecule has 0 aliphatic heterocycles. The van der Waals surface area contributed by atoms with Gasteiger partial charge < -0.3 is 0 Å². The van der Waals surface area contributed by atoms with Gasteiger partial charge in [-0.3, -0.25) is 4.98 Å². The van der Waals surface area contributed by atoms with Gasteiger partial charge in [-0.1, -0.05) is 164 Å². The van der Waals surface area contributed by atoms with E-state index in [0.717, 1.165) is 55.9 Å². The Morgan fingerprint density at radius 2 is 0.613 bits per heavy atom. The Labute approximate surface area is 359 Å². The molecule has 0 amide bonds. The van der Waals surface area contributed by atoms with Gasteiger partial charge in [0.25, 0.3) is 0 Å². The molecular formula is C56H36N6. The predicted molar refractivity (Wildman–Crippen MR) is 246 cm³/mol. The van der Waals surface area contributed by atoms with Crippen molar-refractivity contribution in [2.75, 3.05) is 0 Å². The Hall–Kier alpha value is -8.22. The van der Waals surface area contributed by atoms with E-state index < -0.39 is 0 Å². The summed E-state index contributed by atoms with van der Waals surface area (Å²) < 4.78 is 0. The maximum absolute atomic E-state index is 5.23. The number of hydrogen-bond donors (Lipinski definition) is 0. The van der Waals surface area contributed by atoms with Crippen LogP contribution in [0.25, 0.3) is 79.2 Å².